The lowest BCUT2D eigenvalue weighted by molar-refractivity contribution is 0.324. The fraction of sp³-hybridized carbons (Fsp3) is 0.200. The molecule has 160 valence electrons. The van der Waals surface area contributed by atoms with Crippen LogP contribution in [0, 0.1) is 0 Å². The molecule has 2 aromatic carbocycles. The molecule has 0 atom stereocenters. The second kappa shape index (κ2) is 8.11. The lowest BCUT2D eigenvalue weighted by Crippen LogP contribution is -2.37. The van der Waals surface area contributed by atoms with E-state index in [0.717, 1.165) is 20.4 Å². The molecule has 31 heavy (non-hydrogen) atoms. The summed E-state index contributed by atoms with van der Waals surface area (Å²) in [6.07, 6.45) is 0. The van der Waals surface area contributed by atoms with Gasteiger partial charge in [-0.3, -0.25) is 0 Å². The molecular formula is C20H18N4O6S. The first-order valence-electron chi connectivity index (χ1n) is 8.98. The van der Waals surface area contributed by atoms with Crippen LogP contribution in [0.5, 0.6) is 23.0 Å². The van der Waals surface area contributed by atoms with Crippen molar-refractivity contribution in [2.24, 2.45) is 0 Å². The third kappa shape index (κ3) is 3.48. The summed E-state index contributed by atoms with van der Waals surface area (Å²) in [6, 6.07) is 9.92. The Balaban J connectivity index is 1.89. The minimum absolute atomic E-state index is 0.170. The summed E-state index contributed by atoms with van der Waals surface area (Å²) in [5.41, 5.74) is -0.349. The molecule has 10 nitrogen and oxygen atoms in total. The zero-order valence-electron chi connectivity index (χ0n) is 17.1. The van der Waals surface area contributed by atoms with Gasteiger partial charge in [-0.05, 0) is 36.4 Å². The Labute approximate surface area is 179 Å². The Morgan fingerprint density at radius 3 is 2.06 bits per heavy atom. The first-order chi connectivity index (χ1) is 15.0. The number of rotatable bonds is 6. The number of aromatic nitrogens is 4. The summed E-state index contributed by atoms with van der Waals surface area (Å²) >= 11 is 1.10. The number of hydrogen-bond donors (Lipinski definition) is 0. The molecular weight excluding hydrogens is 424 g/mol. The first kappa shape index (κ1) is 20.4. The van der Waals surface area contributed by atoms with Gasteiger partial charge in [0, 0.05) is 5.56 Å². The van der Waals surface area contributed by atoms with Crippen LogP contribution in [0.15, 0.2) is 46.0 Å². The third-order valence-corrected chi connectivity index (χ3v) is 5.51. The van der Waals surface area contributed by atoms with Crippen molar-refractivity contribution in [3.05, 3.63) is 57.4 Å². The van der Waals surface area contributed by atoms with Crippen LogP contribution < -0.4 is 30.3 Å². The van der Waals surface area contributed by atoms with Gasteiger partial charge in [0.1, 0.15) is 10.8 Å². The van der Waals surface area contributed by atoms with E-state index in [2.05, 4.69) is 10.1 Å². The van der Waals surface area contributed by atoms with E-state index in [0.29, 0.717) is 39.3 Å². The Morgan fingerprint density at radius 2 is 1.52 bits per heavy atom. The number of nitrogens with zero attached hydrogens (tertiary/aromatic N) is 4. The summed E-state index contributed by atoms with van der Waals surface area (Å²) in [6.45, 7) is 0. The minimum atomic E-state index is -0.699. The van der Waals surface area contributed by atoms with Crippen molar-refractivity contribution in [1.82, 2.24) is 19.2 Å². The highest BCUT2D eigenvalue weighted by Crippen LogP contribution is 2.41. The van der Waals surface area contributed by atoms with Crippen LogP contribution in [0.3, 0.4) is 0 Å². The van der Waals surface area contributed by atoms with Crippen LogP contribution >= 0.6 is 11.3 Å². The summed E-state index contributed by atoms with van der Waals surface area (Å²) in [5, 5.41) is 4.83. The van der Waals surface area contributed by atoms with E-state index in [4.69, 9.17) is 18.9 Å². The summed E-state index contributed by atoms with van der Waals surface area (Å²) in [5.74, 6) is 1.91. The van der Waals surface area contributed by atoms with Crippen molar-refractivity contribution in [2.75, 3.05) is 28.4 Å². The summed E-state index contributed by atoms with van der Waals surface area (Å²) in [4.78, 5) is 29.8. The van der Waals surface area contributed by atoms with Gasteiger partial charge in [-0.25, -0.2) is 14.2 Å². The molecule has 0 aliphatic carbocycles. The Morgan fingerprint density at radius 1 is 0.871 bits per heavy atom. The lowest BCUT2D eigenvalue weighted by Gasteiger charge is -2.13. The van der Waals surface area contributed by atoms with Gasteiger partial charge in [0.2, 0.25) is 10.7 Å². The van der Waals surface area contributed by atoms with Crippen molar-refractivity contribution in [3.8, 4) is 39.3 Å². The largest absolute Gasteiger partial charge is 0.497 e. The van der Waals surface area contributed by atoms with Crippen LogP contribution in [0.25, 0.3) is 21.2 Å². The second-order valence-electron chi connectivity index (χ2n) is 6.23. The van der Waals surface area contributed by atoms with E-state index in [1.165, 1.54) is 28.4 Å². The molecule has 0 saturated heterocycles. The third-order valence-electron chi connectivity index (χ3n) is 4.56. The van der Waals surface area contributed by atoms with Crippen LogP contribution in [0.4, 0.5) is 0 Å². The van der Waals surface area contributed by atoms with E-state index < -0.39 is 11.4 Å². The van der Waals surface area contributed by atoms with Gasteiger partial charge in [-0.2, -0.15) is 9.50 Å². The smallest absolute Gasteiger partial charge is 0.360 e. The molecule has 0 N–H and O–H groups in total. The average molecular weight is 442 g/mol. The zero-order chi connectivity index (χ0) is 22.1. The summed E-state index contributed by atoms with van der Waals surface area (Å²) < 4.78 is 23.2. The topological polar surface area (TPSA) is 106 Å². The fourth-order valence-corrected chi connectivity index (χ4v) is 3.92. The maximum absolute atomic E-state index is 13.0. The molecule has 4 rings (SSSR count). The molecule has 0 radical (unpaired) electrons. The quantitative estimate of drug-likeness (QED) is 0.446. The van der Waals surface area contributed by atoms with Crippen molar-refractivity contribution in [2.45, 2.75) is 0 Å². The number of fused-ring (bicyclic) bond motifs is 1. The van der Waals surface area contributed by atoms with Gasteiger partial charge < -0.3 is 18.9 Å². The fourth-order valence-electron chi connectivity index (χ4n) is 3.06. The van der Waals surface area contributed by atoms with E-state index in [1.807, 2.05) is 0 Å². The molecule has 0 aliphatic rings. The lowest BCUT2D eigenvalue weighted by atomic mass is 10.2. The average Bonchev–Trinajstić information content (AvgIpc) is 3.22. The van der Waals surface area contributed by atoms with Crippen molar-refractivity contribution in [3.63, 3.8) is 0 Å². The van der Waals surface area contributed by atoms with E-state index in [1.54, 1.807) is 36.4 Å². The predicted molar refractivity (Wildman–Crippen MR) is 114 cm³/mol. The van der Waals surface area contributed by atoms with Gasteiger partial charge in [0.15, 0.2) is 11.5 Å². The molecule has 0 amide bonds. The van der Waals surface area contributed by atoms with Crippen LogP contribution in [0.2, 0.25) is 0 Å². The zero-order valence-corrected chi connectivity index (χ0v) is 17.9. The van der Waals surface area contributed by atoms with E-state index in [9.17, 15) is 9.59 Å². The Bertz CT molecular complexity index is 1350. The number of hydrogen-bond acceptors (Lipinski definition) is 9. The SMILES string of the molecule is COc1ccc(-n2c(=O)nc3sc(-c4cc(OC)c(OC)c(OC)c4)nn3c2=O)cc1. The standard InChI is InChI=1S/C20H18N4O6S/c1-27-13-7-5-12(6-8-13)23-18(25)21-19-24(20(23)26)22-17(31-19)11-9-14(28-2)16(30-4)15(10-11)29-3/h5-10H,1-4H3. The van der Waals surface area contributed by atoms with Gasteiger partial charge in [0.05, 0.1) is 34.1 Å². The highest BCUT2D eigenvalue weighted by molar-refractivity contribution is 7.19. The van der Waals surface area contributed by atoms with Crippen molar-refractivity contribution in [1.29, 1.82) is 0 Å². The maximum atomic E-state index is 13.0. The molecule has 4 aromatic rings. The van der Waals surface area contributed by atoms with Gasteiger partial charge >= 0.3 is 11.4 Å². The molecule has 0 saturated carbocycles. The summed E-state index contributed by atoms with van der Waals surface area (Å²) in [7, 11) is 6.05. The molecule has 0 unspecified atom stereocenters. The van der Waals surface area contributed by atoms with E-state index in [-0.39, 0.29) is 4.96 Å². The molecule has 2 aromatic heterocycles. The van der Waals surface area contributed by atoms with Gasteiger partial charge in [-0.1, -0.05) is 11.3 Å². The Kier molecular flexibility index (Phi) is 5.34. The molecule has 11 heteroatoms. The second-order valence-corrected chi connectivity index (χ2v) is 7.18. The molecule has 0 bridgehead atoms. The highest BCUT2D eigenvalue weighted by atomic mass is 32.1. The molecule has 0 aliphatic heterocycles. The van der Waals surface area contributed by atoms with Crippen molar-refractivity contribution >= 4 is 16.3 Å². The van der Waals surface area contributed by atoms with Crippen LogP contribution in [-0.2, 0) is 0 Å². The molecule has 0 fully saturated rings. The monoisotopic (exact) mass is 442 g/mol. The van der Waals surface area contributed by atoms with E-state index >= 15 is 0 Å². The Hall–Kier alpha value is -3.86. The first-order valence-corrected chi connectivity index (χ1v) is 9.80. The minimum Gasteiger partial charge on any atom is -0.497 e. The van der Waals surface area contributed by atoms with Crippen LogP contribution in [-0.4, -0.2) is 47.6 Å². The van der Waals surface area contributed by atoms with Gasteiger partial charge in [-0.15, -0.1) is 5.10 Å². The predicted octanol–water partition coefficient (Wildman–Crippen LogP) is 2.00. The van der Waals surface area contributed by atoms with Gasteiger partial charge in [0.25, 0.3) is 0 Å². The molecule has 0 spiro atoms. The number of ether oxygens (including phenoxy) is 4. The van der Waals surface area contributed by atoms with Crippen molar-refractivity contribution < 1.29 is 18.9 Å². The number of methoxy groups -OCH3 is 4. The highest BCUT2D eigenvalue weighted by Gasteiger charge is 2.19. The number of benzene rings is 2. The van der Waals surface area contributed by atoms with Crippen LogP contribution in [0.1, 0.15) is 0 Å². The molecule has 2 heterocycles. The maximum Gasteiger partial charge on any atom is 0.360 e. The normalized spacial score (nSPS) is 10.8.